The van der Waals surface area contributed by atoms with Crippen molar-refractivity contribution in [3.8, 4) is 17.6 Å². The second-order valence-corrected chi connectivity index (χ2v) is 4.13. The second-order valence-electron chi connectivity index (χ2n) is 3.72. The Hall–Kier alpha value is -2.65. The first kappa shape index (κ1) is 13.8. The average molecular weight is 293 g/mol. The largest absolute Gasteiger partial charge is 0.456 e. The molecule has 0 spiro atoms. The van der Waals surface area contributed by atoms with Gasteiger partial charge in [-0.3, -0.25) is 10.1 Å². The first-order valence-electron chi connectivity index (χ1n) is 5.32. The van der Waals surface area contributed by atoms with Crippen molar-refractivity contribution in [1.82, 2.24) is 0 Å². The lowest BCUT2D eigenvalue weighted by Crippen LogP contribution is -1.94. The molecule has 0 aliphatic rings. The molecular formula is C13H6ClFN2O3. The molecule has 0 aliphatic heterocycles. The van der Waals surface area contributed by atoms with Gasteiger partial charge in [0.15, 0.2) is 0 Å². The molecule has 0 bridgehead atoms. The van der Waals surface area contributed by atoms with Crippen LogP contribution in [0.1, 0.15) is 5.56 Å². The maximum absolute atomic E-state index is 12.9. The van der Waals surface area contributed by atoms with E-state index >= 15 is 0 Å². The first-order chi connectivity index (χ1) is 9.51. The van der Waals surface area contributed by atoms with E-state index in [9.17, 15) is 14.5 Å². The summed E-state index contributed by atoms with van der Waals surface area (Å²) in [6, 6.07) is 9.01. The van der Waals surface area contributed by atoms with Crippen molar-refractivity contribution in [2.45, 2.75) is 0 Å². The van der Waals surface area contributed by atoms with E-state index < -0.39 is 10.7 Å². The fraction of sp³-hybridized carbons (Fsp3) is 0. The number of nitrogens with zero attached hydrogens (tertiary/aromatic N) is 2. The highest BCUT2D eigenvalue weighted by atomic mass is 35.5. The fourth-order valence-electron chi connectivity index (χ4n) is 1.51. The highest BCUT2D eigenvalue weighted by Gasteiger charge is 2.15. The van der Waals surface area contributed by atoms with Gasteiger partial charge in [-0.25, -0.2) is 4.39 Å². The molecule has 0 heterocycles. The molecule has 7 heteroatoms. The van der Waals surface area contributed by atoms with Crippen molar-refractivity contribution in [3.63, 3.8) is 0 Å². The van der Waals surface area contributed by atoms with Crippen LogP contribution in [0.3, 0.4) is 0 Å². The maximum atomic E-state index is 12.9. The standard InChI is InChI=1S/C13H6ClFN2O3/c14-11-5-9(15)2-4-13(11)20-10-3-1-8(7-16)12(6-10)17(18)19/h1-6H. The molecule has 0 aromatic heterocycles. The highest BCUT2D eigenvalue weighted by molar-refractivity contribution is 6.32. The molecule has 0 saturated carbocycles. The number of ether oxygens (including phenoxy) is 1. The molecule has 100 valence electrons. The third kappa shape index (κ3) is 2.84. The van der Waals surface area contributed by atoms with E-state index in [0.29, 0.717) is 0 Å². The van der Waals surface area contributed by atoms with Gasteiger partial charge < -0.3 is 4.74 Å². The SMILES string of the molecule is N#Cc1ccc(Oc2ccc(F)cc2Cl)cc1[N+](=O)[O-]. The van der Waals surface area contributed by atoms with Crippen LogP contribution in [0, 0.1) is 27.3 Å². The van der Waals surface area contributed by atoms with Gasteiger partial charge >= 0.3 is 0 Å². The quantitative estimate of drug-likeness (QED) is 0.631. The third-order valence-corrected chi connectivity index (χ3v) is 2.70. The number of rotatable bonds is 3. The van der Waals surface area contributed by atoms with Crippen LogP contribution < -0.4 is 4.74 Å². The lowest BCUT2D eigenvalue weighted by molar-refractivity contribution is -0.385. The van der Waals surface area contributed by atoms with Crippen LogP contribution in [0.15, 0.2) is 36.4 Å². The molecule has 0 unspecified atom stereocenters. The lowest BCUT2D eigenvalue weighted by Gasteiger charge is -2.07. The van der Waals surface area contributed by atoms with Crippen molar-refractivity contribution in [2.24, 2.45) is 0 Å². The van der Waals surface area contributed by atoms with E-state index in [1.54, 1.807) is 6.07 Å². The molecule has 0 saturated heterocycles. The Morgan fingerprint density at radius 3 is 2.65 bits per heavy atom. The lowest BCUT2D eigenvalue weighted by atomic mass is 10.2. The van der Waals surface area contributed by atoms with Gasteiger partial charge in [0.2, 0.25) is 0 Å². The van der Waals surface area contributed by atoms with Crippen molar-refractivity contribution in [1.29, 1.82) is 5.26 Å². The highest BCUT2D eigenvalue weighted by Crippen LogP contribution is 2.32. The summed E-state index contributed by atoms with van der Waals surface area (Å²) in [5, 5.41) is 19.6. The zero-order chi connectivity index (χ0) is 14.7. The summed E-state index contributed by atoms with van der Waals surface area (Å²) in [5.74, 6) is -0.232. The first-order valence-corrected chi connectivity index (χ1v) is 5.70. The Bertz CT molecular complexity index is 728. The van der Waals surface area contributed by atoms with E-state index in [1.165, 1.54) is 18.2 Å². The smallest absolute Gasteiger partial charge is 0.290 e. The van der Waals surface area contributed by atoms with Crippen LogP contribution >= 0.6 is 11.6 Å². The van der Waals surface area contributed by atoms with Crippen LogP contribution in [0.4, 0.5) is 10.1 Å². The summed E-state index contributed by atoms with van der Waals surface area (Å²) in [5.41, 5.74) is -0.448. The van der Waals surface area contributed by atoms with Crippen LogP contribution in [0.25, 0.3) is 0 Å². The zero-order valence-corrected chi connectivity index (χ0v) is 10.6. The second kappa shape index (κ2) is 5.55. The number of hydrogen-bond donors (Lipinski definition) is 0. The van der Waals surface area contributed by atoms with Gasteiger partial charge in [-0.15, -0.1) is 0 Å². The van der Waals surface area contributed by atoms with Crippen LogP contribution in [-0.2, 0) is 0 Å². The van der Waals surface area contributed by atoms with Crippen LogP contribution in [0.5, 0.6) is 11.5 Å². The number of benzene rings is 2. The van der Waals surface area contributed by atoms with Gasteiger partial charge in [-0.2, -0.15) is 5.26 Å². The average Bonchev–Trinajstić information content (AvgIpc) is 2.41. The Balaban J connectivity index is 2.37. The summed E-state index contributed by atoms with van der Waals surface area (Å²) in [6.45, 7) is 0. The van der Waals surface area contributed by atoms with Crippen molar-refractivity contribution < 1.29 is 14.1 Å². The van der Waals surface area contributed by atoms with Gasteiger partial charge in [0.05, 0.1) is 16.0 Å². The molecular weight excluding hydrogens is 287 g/mol. The molecule has 0 amide bonds. The maximum Gasteiger partial charge on any atom is 0.290 e. The summed E-state index contributed by atoms with van der Waals surface area (Å²) in [4.78, 5) is 10.1. The minimum absolute atomic E-state index is 0.0389. The van der Waals surface area contributed by atoms with E-state index in [0.717, 1.165) is 18.2 Å². The molecule has 0 radical (unpaired) electrons. The summed E-state index contributed by atoms with van der Waals surface area (Å²) < 4.78 is 18.2. The molecule has 2 aromatic carbocycles. The Morgan fingerprint density at radius 2 is 2.05 bits per heavy atom. The minimum Gasteiger partial charge on any atom is -0.456 e. The van der Waals surface area contributed by atoms with E-state index in [1.807, 2.05) is 0 Å². The van der Waals surface area contributed by atoms with E-state index in [-0.39, 0.29) is 27.8 Å². The summed E-state index contributed by atoms with van der Waals surface area (Å²) >= 11 is 5.79. The van der Waals surface area contributed by atoms with Crippen molar-refractivity contribution in [3.05, 3.63) is 62.9 Å². The number of nitriles is 1. The van der Waals surface area contributed by atoms with E-state index in [2.05, 4.69) is 0 Å². The molecule has 2 rings (SSSR count). The van der Waals surface area contributed by atoms with Crippen molar-refractivity contribution in [2.75, 3.05) is 0 Å². The number of hydrogen-bond acceptors (Lipinski definition) is 4. The minimum atomic E-state index is -0.683. The fourth-order valence-corrected chi connectivity index (χ4v) is 1.71. The van der Waals surface area contributed by atoms with Crippen LogP contribution in [-0.4, -0.2) is 4.92 Å². The Morgan fingerprint density at radius 1 is 1.30 bits per heavy atom. The van der Waals surface area contributed by atoms with Gasteiger partial charge in [0.1, 0.15) is 28.9 Å². The van der Waals surface area contributed by atoms with E-state index in [4.69, 9.17) is 21.6 Å². The number of halogens is 2. The molecule has 0 N–H and O–H groups in total. The van der Waals surface area contributed by atoms with Crippen molar-refractivity contribution >= 4 is 17.3 Å². The normalized spacial score (nSPS) is 9.85. The van der Waals surface area contributed by atoms with Gasteiger partial charge in [-0.05, 0) is 30.3 Å². The molecule has 2 aromatic rings. The molecule has 0 atom stereocenters. The Kier molecular flexibility index (Phi) is 3.82. The van der Waals surface area contributed by atoms with Crippen LogP contribution in [0.2, 0.25) is 5.02 Å². The molecule has 0 fully saturated rings. The third-order valence-electron chi connectivity index (χ3n) is 2.41. The molecule has 5 nitrogen and oxygen atoms in total. The molecule has 20 heavy (non-hydrogen) atoms. The zero-order valence-electron chi connectivity index (χ0n) is 9.84. The predicted molar refractivity (Wildman–Crippen MR) is 69.3 cm³/mol. The van der Waals surface area contributed by atoms with Gasteiger partial charge in [0, 0.05) is 0 Å². The molecule has 0 aliphatic carbocycles. The topological polar surface area (TPSA) is 76.2 Å². The summed E-state index contributed by atoms with van der Waals surface area (Å²) in [6.07, 6.45) is 0. The van der Waals surface area contributed by atoms with Gasteiger partial charge in [0.25, 0.3) is 5.69 Å². The summed E-state index contributed by atoms with van der Waals surface area (Å²) in [7, 11) is 0. The Labute approximate surface area is 117 Å². The monoisotopic (exact) mass is 292 g/mol. The number of nitro benzene ring substituents is 1. The predicted octanol–water partition coefficient (Wildman–Crippen LogP) is 4.05. The van der Waals surface area contributed by atoms with Gasteiger partial charge in [-0.1, -0.05) is 11.6 Å². The number of nitro groups is 1.